The zero-order chi connectivity index (χ0) is 15.4. The molecule has 0 saturated heterocycles. The molecule has 3 rings (SSSR count). The smallest absolute Gasteiger partial charge is 0.182 e. The summed E-state index contributed by atoms with van der Waals surface area (Å²) in [6, 6.07) is 9.63. The highest BCUT2D eigenvalue weighted by Gasteiger charge is 2.19. The lowest BCUT2D eigenvalue weighted by molar-refractivity contribution is 0.772. The molecule has 3 heterocycles. The first-order valence-electron chi connectivity index (χ1n) is 7.20. The molecule has 0 spiro atoms. The molecular weight excluding hydrogens is 294 g/mol. The van der Waals surface area contributed by atoms with Gasteiger partial charge in [0.1, 0.15) is 5.82 Å². The van der Waals surface area contributed by atoms with E-state index in [2.05, 4.69) is 28.9 Å². The second-order valence-corrected chi connectivity index (χ2v) is 6.34. The van der Waals surface area contributed by atoms with E-state index in [4.69, 9.17) is 4.98 Å². The Labute approximate surface area is 133 Å². The molecule has 0 aliphatic heterocycles. The van der Waals surface area contributed by atoms with Crippen LogP contribution < -0.4 is 0 Å². The van der Waals surface area contributed by atoms with Crippen molar-refractivity contribution >= 4 is 11.8 Å². The number of hydrogen-bond acceptors (Lipinski definition) is 5. The lowest BCUT2D eigenvalue weighted by Gasteiger charge is -2.10. The van der Waals surface area contributed by atoms with Gasteiger partial charge in [0, 0.05) is 24.2 Å². The van der Waals surface area contributed by atoms with E-state index in [1.54, 1.807) is 18.6 Å². The zero-order valence-electron chi connectivity index (χ0n) is 12.5. The van der Waals surface area contributed by atoms with Crippen molar-refractivity contribution in [1.29, 1.82) is 0 Å². The molecule has 0 saturated carbocycles. The van der Waals surface area contributed by atoms with E-state index in [1.165, 1.54) is 0 Å². The topological polar surface area (TPSA) is 56.5 Å². The van der Waals surface area contributed by atoms with E-state index >= 15 is 0 Å². The van der Waals surface area contributed by atoms with Crippen LogP contribution in [0.4, 0.5) is 0 Å². The van der Waals surface area contributed by atoms with Crippen molar-refractivity contribution in [3.05, 3.63) is 54.7 Å². The average Bonchev–Trinajstić information content (AvgIpc) is 3.02. The Bertz CT molecular complexity index is 727. The maximum absolute atomic E-state index is 4.74. The number of rotatable bonds is 5. The molecule has 1 atom stereocenters. The highest BCUT2D eigenvalue weighted by molar-refractivity contribution is 7.99. The van der Waals surface area contributed by atoms with Crippen molar-refractivity contribution in [2.45, 2.75) is 19.1 Å². The summed E-state index contributed by atoms with van der Waals surface area (Å²) in [5, 5.41) is 4.90. The average molecular weight is 311 g/mol. The second kappa shape index (κ2) is 6.70. The van der Waals surface area contributed by atoms with Gasteiger partial charge in [-0.25, -0.2) is 9.97 Å². The van der Waals surface area contributed by atoms with Gasteiger partial charge in [-0.1, -0.05) is 13.0 Å². The molecule has 22 heavy (non-hydrogen) atoms. The van der Waals surface area contributed by atoms with E-state index in [0.717, 1.165) is 23.0 Å². The van der Waals surface area contributed by atoms with Gasteiger partial charge in [0.15, 0.2) is 11.6 Å². The molecule has 0 aliphatic rings. The third-order valence-corrected chi connectivity index (χ3v) is 4.26. The van der Waals surface area contributed by atoms with Gasteiger partial charge in [-0.05, 0) is 36.9 Å². The minimum atomic E-state index is 0.245. The predicted octanol–water partition coefficient (Wildman–Crippen LogP) is 3.54. The molecule has 0 aliphatic carbocycles. The molecule has 0 radical (unpaired) electrons. The molecule has 112 valence electrons. The maximum atomic E-state index is 4.74. The van der Waals surface area contributed by atoms with Crippen LogP contribution in [-0.4, -0.2) is 30.5 Å². The first kappa shape index (κ1) is 14.7. The Morgan fingerprint density at radius 1 is 1.14 bits per heavy atom. The highest BCUT2D eigenvalue weighted by Crippen LogP contribution is 2.29. The van der Waals surface area contributed by atoms with Gasteiger partial charge in [0.25, 0.3) is 0 Å². The van der Waals surface area contributed by atoms with Gasteiger partial charge in [0.2, 0.25) is 0 Å². The van der Waals surface area contributed by atoms with Crippen molar-refractivity contribution in [2.75, 3.05) is 5.75 Å². The minimum Gasteiger partial charge on any atom is -0.265 e. The molecule has 3 aromatic rings. The third-order valence-electron chi connectivity index (χ3n) is 3.22. The molecule has 3 aromatic heterocycles. The molecular formula is C16H17N5S. The molecule has 6 heteroatoms. The van der Waals surface area contributed by atoms with Gasteiger partial charge in [-0.15, -0.1) is 5.10 Å². The summed E-state index contributed by atoms with van der Waals surface area (Å²) in [4.78, 5) is 13.2. The van der Waals surface area contributed by atoms with Crippen molar-refractivity contribution < 1.29 is 0 Å². The highest BCUT2D eigenvalue weighted by atomic mass is 32.2. The monoisotopic (exact) mass is 311 g/mol. The summed E-state index contributed by atoms with van der Waals surface area (Å²) >= 11 is 1.84. The second-order valence-electron chi connectivity index (χ2n) is 4.73. The summed E-state index contributed by atoms with van der Waals surface area (Å²) in [5.41, 5.74) is 0.958. The number of aromatic nitrogens is 5. The Morgan fingerprint density at radius 2 is 1.95 bits per heavy atom. The molecule has 0 unspecified atom stereocenters. The first-order valence-corrected chi connectivity index (χ1v) is 8.25. The van der Waals surface area contributed by atoms with Crippen LogP contribution in [0, 0.1) is 0 Å². The Balaban J connectivity index is 2.09. The van der Waals surface area contributed by atoms with Crippen molar-refractivity contribution in [2.24, 2.45) is 0 Å². The standard InChI is InChI=1S/C16H17N5S/c1-3-22-12(2)16-19-15(13-7-10-17-11-8-13)20-21(16)14-6-4-5-9-18-14/h4-12H,3H2,1-2H3/t12-/m1/s1. The molecule has 0 aromatic carbocycles. The fourth-order valence-corrected chi connectivity index (χ4v) is 2.98. The SMILES string of the molecule is CCS[C@H](C)c1nc(-c2ccncc2)nn1-c1ccccn1. The molecule has 0 fully saturated rings. The van der Waals surface area contributed by atoms with E-state index in [1.807, 2.05) is 46.8 Å². The predicted molar refractivity (Wildman–Crippen MR) is 88.9 cm³/mol. The maximum Gasteiger partial charge on any atom is 0.182 e. The van der Waals surface area contributed by atoms with Crippen LogP contribution in [0.2, 0.25) is 0 Å². The lowest BCUT2D eigenvalue weighted by atomic mass is 10.2. The number of nitrogens with zero attached hydrogens (tertiary/aromatic N) is 5. The van der Waals surface area contributed by atoms with Crippen LogP contribution in [0.3, 0.4) is 0 Å². The summed E-state index contributed by atoms with van der Waals surface area (Å²) in [6.07, 6.45) is 5.27. The summed E-state index contributed by atoms with van der Waals surface area (Å²) in [5.74, 6) is 3.43. The van der Waals surface area contributed by atoms with E-state index < -0.39 is 0 Å². The number of thioether (sulfide) groups is 1. The van der Waals surface area contributed by atoms with Gasteiger partial charge in [0.05, 0.1) is 5.25 Å². The van der Waals surface area contributed by atoms with Gasteiger partial charge < -0.3 is 0 Å². The number of hydrogen-bond donors (Lipinski definition) is 0. The van der Waals surface area contributed by atoms with Gasteiger partial charge >= 0.3 is 0 Å². The molecule has 0 N–H and O–H groups in total. The van der Waals surface area contributed by atoms with Crippen molar-refractivity contribution in [3.8, 4) is 17.2 Å². The molecule has 5 nitrogen and oxygen atoms in total. The number of pyridine rings is 2. The Hall–Kier alpha value is -2.21. The Kier molecular flexibility index (Phi) is 4.48. The summed E-state index contributed by atoms with van der Waals surface area (Å²) in [7, 11) is 0. The minimum absolute atomic E-state index is 0.245. The fraction of sp³-hybridized carbons (Fsp3) is 0.250. The summed E-state index contributed by atoms with van der Waals surface area (Å²) < 4.78 is 1.84. The Morgan fingerprint density at radius 3 is 2.64 bits per heavy atom. The van der Waals surface area contributed by atoms with Crippen LogP contribution in [0.5, 0.6) is 0 Å². The van der Waals surface area contributed by atoms with Crippen molar-refractivity contribution in [3.63, 3.8) is 0 Å². The van der Waals surface area contributed by atoms with Crippen molar-refractivity contribution in [1.82, 2.24) is 24.7 Å². The normalized spacial score (nSPS) is 12.3. The van der Waals surface area contributed by atoms with E-state index in [0.29, 0.717) is 5.82 Å². The molecule has 0 bridgehead atoms. The zero-order valence-corrected chi connectivity index (χ0v) is 13.4. The van der Waals surface area contributed by atoms with E-state index in [9.17, 15) is 0 Å². The van der Waals surface area contributed by atoms with Gasteiger partial charge in [-0.3, -0.25) is 4.98 Å². The third kappa shape index (κ3) is 3.01. The van der Waals surface area contributed by atoms with Crippen LogP contribution in [0.15, 0.2) is 48.9 Å². The first-order chi connectivity index (χ1) is 10.8. The quantitative estimate of drug-likeness (QED) is 0.721. The van der Waals surface area contributed by atoms with E-state index in [-0.39, 0.29) is 5.25 Å². The summed E-state index contributed by atoms with van der Waals surface area (Å²) in [6.45, 7) is 4.29. The molecule has 0 amide bonds. The van der Waals surface area contributed by atoms with Crippen LogP contribution in [-0.2, 0) is 0 Å². The van der Waals surface area contributed by atoms with Crippen LogP contribution in [0.1, 0.15) is 24.9 Å². The van der Waals surface area contributed by atoms with Crippen LogP contribution >= 0.6 is 11.8 Å². The van der Waals surface area contributed by atoms with Crippen LogP contribution in [0.25, 0.3) is 17.2 Å². The largest absolute Gasteiger partial charge is 0.265 e. The van der Waals surface area contributed by atoms with Gasteiger partial charge in [-0.2, -0.15) is 16.4 Å². The lowest BCUT2D eigenvalue weighted by Crippen LogP contribution is -2.06. The fourth-order valence-electron chi connectivity index (χ4n) is 2.18.